The fourth-order valence-corrected chi connectivity index (χ4v) is 1.27. The summed E-state index contributed by atoms with van der Waals surface area (Å²) in [5.41, 5.74) is 0. The zero-order valence-electron chi connectivity index (χ0n) is 10.1. The van der Waals surface area contributed by atoms with Gasteiger partial charge in [0.15, 0.2) is 0 Å². The van der Waals surface area contributed by atoms with Crippen molar-refractivity contribution in [3.63, 3.8) is 0 Å². The monoisotopic (exact) mass is 216 g/mol. The van der Waals surface area contributed by atoms with Crippen molar-refractivity contribution in [3.8, 4) is 0 Å². The third kappa shape index (κ3) is 9.69. The second-order valence-corrected chi connectivity index (χ2v) is 4.24. The lowest BCUT2D eigenvalue weighted by Crippen LogP contribution is -2.34. The van der Waals surface area contributed by atoms with Crippen molar-refractivity contribution in [2.45, 2.75) is 38.6 Å². The minimum Gasteiger partial charge on any atom is -0.396 e. The normalized spacial score (nSPS) is 12.9. The van der Waals surface area contributed by atoms with Crippen LogP contribution in [0.1, 0.15) is 32.6 Å². The van der Waals surface area contributed by atoms with Gasteiger partial charge in [0.05, 0.1) is 0 Å². The van der Waals surface area contributed by atoms with Crippen molar-refractivity contribution in [3.05, 3.63) is 0 Å². The number of hydrogen-bond acceptors (Lipinski definition) is 3. The van der Waals surface area contributed by atoms with Crippen LogP contribution >= 0.6 is 0 Å². The van der Waals surface area contributed by atoms with Crippen LogP contribution in [0.5, 0.6) is 0 Å². The number of amides is 1. The SMILES string of the molecule is CC(CCN(C)C)NC(=O)CCCCO. The summed E-state index contributed by atoms with van der Waals surface area (Å²) < 4.78 is 0. The zero-order valence-corrected chi connectivity index (χ0v) is 10.1. The summed E-state index contributed by atoms with van der Waals surface area (Å²) in [4.78, 5) is 13.5. The molecule has 15 heavy (non-hydrogen) atoms. The second-order valence-electron chi connectivity index (χ2n) is 4.24. The number of rotatable bonds is 8. The summed E-state index contributed by atoms with van der Waals surface area (Å²) >= 11 is 0. The molecule has 4 nitrogen and oxygen atoms in total. The fourth-order valence-electron chi connectivity index (χ4n) is 1.27. The maximum Gasteiger partial charge on any atom is 0.220 e. The molecule has 0 aliphatic heterocycles. The molecule has 2 N–H and O–H groups in total. The fraction of sp³-hybridized carbons (Fsp3) is 0.909. The van der Waals surface area contributed by atoms with Crippen LogP contribution in [0, 0.1) is 0 Å². The Hall–Kier alpha value is -0.610. The molecule has 0 fully saturated rings. The number of nitrogens with zero attached hydrogens (tertiary/aromatic N) is 1. The quantitative estimate of drug-likeness (QED) is 0.584. The minimum absolute atomic E-state index is 0.0923. The molecule has 0 aromatic carbocycles. The Morgan fingerprint density at radius 3 is 2.60 bits per heavy atom. The summed E-state index contributed by atoms with van der Waals surface area (Å²) in [7, 11) is 4.05. The van der Waals surface area contributed by atoms with Gasteiger partial charge in [-0.15, -0.1) is 0 Å². The maximum absolute atomic E-state index is 11.4. The number of aliphatic hydroxyl groups is 1. The number of hydrogen-bond donors (Lipinski definition) is 2. The Balaban J connectivity index is 3.49. The van der Waals surface area contributed by atoms with Crippen LogP contribution in [0.3, 0.4) is 0 Å². The van der Waals surface area contributed by atoms with Crippen molar-refractivity contribution in [2.75, 3.05) is 27.2 Å². The molecule has 0 heterocycles. The topological polar surface area (TPSA) is 52.6 Å². The first-order valence-electron chi connectivity index (χ1n) is 5.61. The third-order valence-corrected chi connectivity index (χ3v) is 2.23. The average Bonchev–Trinajstić information content (AvgIpc) is 2.15. The van der Waals surface area contributed by atoms with Crippen LogP contribution in [0.15, 0.2) is 0 Å². The average molecular weight is 216 g/mol. The molecule has 0 rings (SSSR count). The summed E-state index contributed by atoms with van der Waals surface area (Å²) in [6.45, 7) is 3.18. The number of carbonyl (C=O) groups is 1. The van der Waals surface area contributed by atoms with Gasteiger partial charge in [0, 0.05) is 19.1 Å². The van der Waals surface area contributed by atoms with E-state index >= 15 is 0 Å². The smallest absolute Gasteiger partial charge is 0.220 e. The van der Waals surface area contributed by atoms with Gasteiger partial charge in [-0.25, -0.2) is 0 Å². The summed E-state index contributed by atoms with van der Waals surface area (Å²) in [6.07, 6.45) is 2.97. The molecule has 0 radical (unpaired) electrons. The van der Waals surface area contributed by atoms with Crippen molar-refractivity contribution in [2.24, 2.45) is 0 Å². The maximum atomic E-state index is 11.4. The molecule has 90 valence electrons. The Morgan fingerprint density at radius 1 is 1.40 bits per heavy atom. The lowest BCUT2D eigenvalue weighted by atomic mass is 10.2. The first-order valence-corrected chi connectivity index (χ1v) is 5.61. The van der Waals surface area contributed by atoms with E-state index in [4.69, 9.17) is 5.11 Å². The highest BCUT2D eigenvalue weighted by Crippen LogP contribution is 1.97. The molecule has 0 aliphatic rings. The van der Waals surface area contributed by atoms with Crippen LogP contribution in [-0.4, -0.2) is 49.2 Å². The van der Waals surface area contributed by atoms with Gasteiger partial charge in [-0.2, -0.15) is 0 Å². The van der Waals surface area contributed by atoms with Crippen molar-refractivity contribution >= 4 is 5.91 Å². The Bertz CT molecular complexity index is 172. The highest BCUT2D eigenvalue weighted by Gasteiger charge is 2.06. The van der Waals surface area contributed by atoms with Gasteiger partial charge in [-0.3, -0.25) is 4.79 Å². The zero-order chi connectivity index (χ0) is 11.7. The minimum atomic E-state index is 0.0923. The van der Waals surface area contributed by atoms with Crippen LogP contribution < -0.4 is 5.32 Å². The lowest BCUT2D eigenvalue weighted by Gasteiger charge is -2.16. The number of aliphatic hydroxyl groups excluding tert-OH is 1. The predicted molar refractivity (Wildman–Crippen MR) is 61.7 cm³/mol. The Morgan fingerprint density at radius 2 is 2.07 bits per heavy atom. The predicted octanol–water partition coefficient (Wildman–Crippen LogP) is 0.605. The highest BCUT2D eigenvalue weighted by molar-refractivity contribution is 5.76. The second kappa shape index (κ2) is 8.68. The summed E-state index contributed by atoms with van der Waals surface area (Å²) in [5.74, 6) is 0.0923. The van der Waals surface area contributed by atoms with E-state index in [9.17, 15) is 4.79 Å². The first kappa shape index (κ1) is 14.4. The van der Waals surface area contributed by atoms with Crippen molar-refractivity contribution in [1.29, 1.82) is 0 Å². The number of unbranched alkanes of at least 4 members (excludes halogenated alkanes) is 1. The van der Waals surface area contributed by atoms with Gasteiger partial charge >= 0.3 is 0 Å². The van der Waals surface area contributed by atoms with E-state index < -0.39 is 0 Å². The molecule has 1 atom stereocenters. The molecule has 0 bridgehead atoms. The van der Waals surface area contributed by atoms with E-state index in [-0.39, 0.29) is 18.6 Å². The first-order chi connectivity index (χ1) is 7.06. The Labute approximate surface area is 92.7 Å². The molecule has 0 aromatic heterocycles. The summed E-state index contributed by atoms with van der Waals surface area (Å²) in [5, 5.41) is 11.5. The molecular formula is C11H24N2O2. The van der Waals surface area contributed by atoms with E-state index in [2.05, 4.69) is 10.2 Å². The molecule has 0 saturated heterocycles. The van der Waals surface area contributed by atoms with Gasteiger partial charge in [0.1, 0.15) is 0 Å². The molecule has 1 amide bonds. The van der Waals surface area contributed by atoms with Gasteiger partial charge < -0.3 is 15.3 Å². The molecule has 0 aromatic rings. The molecule has 0 saturated carbocycles. The standard InChI is InChI=1S/C11H24N2O2/c1-10(7-8-13(2)3)12-11(15)6-4-5-9-14/h10,14H,4-9H2,1-3H3,(H,12,15). The molecule has 0 spiro atoms. The van der Waals surface area contributed by atoms with E-state index in [0.29, 0.717) is 12.8 Å². The molecular weight excluding hydrogens is 192 g/mol. The van der Waals surface area contributed by atoms with Crippen LogP contribution in [0.2, 0.25) is 0 Å². The molecule has 1 unspecified atom stereocenters. The largest absolute Gasteiger partial charge is 0.396 e. The summed E-state index contributed by atoms with van der Waals surface area (Å²) in [6, 6.07) is 0.231. The molecule has 0 aliphatic carbocycles. The van der Waals surface area contributed by atoms with E-state index in [1.807, 2.05) is 21.0 Å². The van der Waals surface area contributed by atoms with E-state index in [1.54, 1.807) is 0 Å². The lowest BCUT2D eigenvalue weighted by molar-refractivity contribution is -0.121. The van der Waals surface area contributed by atoms with Gasteiger partial charge in [0.25, 0.3) is 0 Å². The van der Waals surface area contributed by atoms with Gasteiger partial charge in [-0.05, 0) is 46.8 Å². The number of carbonyl (C=O) groups excluding carboxylic acids is 1. The van der Waals surface area contributed by atoms with E-state index in [0.717, 1.165) is 19.4 Å². The Kier molecular flexibility index (Phi) is 8.33. The highest BCUT2D eigenvalue weighted by atomic mass is 16.2. The van der Waals surface area contributed by atoms with E-state index in [1.165, 1.54) is 0 Å². The van der Waals surface area contributed by atoms with Gasteiger partial charge in [0.2, 0.25) is 5.91 Å². The van der Waals surface area contributed by atoms with Crippen molar-refractivity contribution < 1.29 is 9.90 Å². The van der Waals surface area contributed by atoms with Crippen LogP contribution in [0.4, 0.5) is 0 Å². The van der Waals surface area contributed by atoms with Crippen molar-refractivity contribution in [1.82, 2.24) is 10.2 Å². The van der Waals surface area contributed by atoms with Crippen LogP contribution in [-0.2, 0) is 4.79 Å². The third-order valence-electron chi connectivity index (χ3n) is 2.23. The molecule has 4 heteroatoms. The van der Waals surface area contributed by atoms with Gasteiger partial charge in [-0.1, -0.05) is 0 Å². The van der Waals surface area contributed by atoms with Crippen LogP contribution in [0.25, 0.3) is 0 Å². The number of nitrogens with one attached hydrogen (secondary N) is 1.